The minimum atomic E-state index is -4.64. The summed E-state index contributed by atoms with van der Waals surface area (Å²) >= 11 is 0. The van der Waals surface area contributed by atoms with Gasteiger partial charge in [0.15, 0.2) is 0 Å². The Labute approximate surface area is 97.8 Å². The van der Waals surface area contributed by atoms with E-state index in [2.05, 4.69) is 9.99 Å². The number of nitrogens with zero attached hydrogens (tertiary/aromatic N) is 1. The summed E-state index contributed by atoms with van der Waals surface area (Å²) in [7, 11) is 0. The molecule has 0 heterocycles. The first-order valence-corrected chi connectivity index (χ1v) is 4.51. The largest absolute Gasteiger partial charge is 0.425 e. The van der Waals surface area contributed by atoms with Crippen LogP contribution in [0.5, 0.6) is 0 Å². The van der Waals surface area contributed by atoms with E-state index in [4.69, 9.17) is 0 Å². The number of hydrogen-bond donors (Lipinski definition) is 0. The normalized spacial score (nSPS) is 13.0. The smallest absolute Gasteiger partial charge is 0.386 e. The van der Waals surface area contributed by atoms with Gasteiger partial charge in [0.05, 0.1) is 5.56 Å². The standard InChI is InChI=1S/C10H6F6NO/c11-9(12,13)6-18-17-5-7-3-1-2-4-8(7)10(14,15)16/h1-4H,6H2. The third-order valence-electron chi connectivity index (χ3n) is 1.69. The molecule has 0 aromatic heterocycles. The third kappa shape index (κ3) is 4.64. The number of rotatable bonds is 3. The maximum absolute atomic E-state index is 12.4. The topological polar surface area (TPSA) is 21.6 Å². The molecule has 1 aromatic rings. The zero-order valence-corrected chi connectivity index (χ0v) is 8.64. The molecule has 18 heavy (non-hydrogen) atoms. The van der Waals surface area contributed by atoms with Crippen LogP contribution < -0.4 is 0 Å². The van der Waals surface area contributed by atoms with E-state index in [9.17, 15) is 26.3 Å². The summed E-state index contributed by atoms with van der Waals surface area (Å²) in [5.41, 5.74) is -1.54. The molecule has 0 N–H and O–H groups in total. The van der Waals surface area contributed by atoms with Gasteiger partial charge in [0, 0.05) is 5.56 Å². The lowest BCUT2D eigenvalue weighted by Gasteiger charge is -2.08. The van der Waals surface area contributed by atoms with E-state index >= 15 is 0 Å². The fourth-order valence-corrected chi connectivity index (χ4v) is 1.01. The highest BCUT2D eigenvalue weighted by atomic mass is 19.4. The van der Waals surface area contributed by atoms with Crippen LogP contribution in [0.25, 0.3) is 0 Å². The number of alkyl halides is 6. The quantitative estimate of drug-likeness (QED) is 0.468. The fraction of sp³-hybridized carbons (Fsp3) is 0.300. The molecule has 0 aliphatic rings. The number of halogens is 6. The Morgan fingerprint density at radius 2 is 1.67 bits per heavy atom. The van der Waals surface area contributed by atoms with Gasteiger partial charge in [-0.3, -0.25) is 0 Å². The van der Waals surface area contributed by atoms with Gasteiger partial charge in [-0.15, -0.1) is 0 Å². The predicted molar refractivity (Wildman–Crippen MR) is 50.0 cm³/mol. The van der Waals surface area contributed by atoms with Gasteiger partial charge >= 0.3 is 12.4 Å². The molecule has 0 aliphatic heterocycles. The highest BCUT2D eigenvalue weighted by molar-refractivity contribution is 5.81. The lowest BCUT2D eigenvalue weighted by Crippen LogP contribution is -2.15. The van der Waals surface area contributed by atoms with Crippen molar-refractivity contribution in [3.05, 3.63) is 35.4 Å². The van der Waals surface area contributed by atoms with Crippen LogP contribution in [0.1, 0.15) is 11.1 Å². The molecule has 8 heteroatoms. The number of hydrogen-bond acceptors (Lipinski definition) is 2. The summed E-state index contributed by atoms with van der Waals surface area (Å²) in [6, 6.07) is 4.20. The van der Waals surface area contributed by atoms with Crippen LogP contribution in [0, 0.1) is 0 Å². The molecule has 0 saturated carbocycles. The predicted octanol–water partition coefficient (Wildman–Crippen LogP) is 3.50. The third-order valence-corrected chi connectivity index (χ3v) is 1.69. The Bertz CT molecular complexity index is 423. The first kappa shape index (κ1) is 14.3. The van der Waals surface area contributed by atoms with Crippen molar-refractivity contribution in [3.8, 4) is 0 Å². The second-order valence-corrected chi connectivity index (χ2v) is 3.14. The van der Waals surface area contributed by atoms with E-state index in [1.165, 1.54) is 6.07 Å². The van der Waals surface area contributed by atoms with E-state index in [1.54, 1.807) is 6.21 Å². The number of benzene rings is 1. The van der Waals surface area contributed by atoms with E-state index in [0.717, 1.165) is 18.2 Å². The van der Waals surface area contributed by atoms with Gasteiger partial charge in [-0.1, -0.05) is 23.4 Å². The Hall–Kier alpha value is -1.73. The van der Waals surface area contributed by atoms with Crippen LogP contribution in [0.15, 0.2) is 29.4 Å². The van der Waals surface area contributed by atoms with Crippen molar-refractivity contribution in [1.29, 1.82) is 0 Å². The summed E-state index contributed by atoms with van der Waals surface area (Å²) < 4.78 is 72.3. The van der Waals surface area contributed by atoms with Gasteiger partial charge in [-0.2, -0.15) is 26.3 Å². The zero-order valence-electron chi connectivity index (χ0n) is 8.64. The summed E-state index contributed by atoms with van der Waals surface area (Å²) in [5.74, 6) is 0. The molecule has 0 atom stereocenters. The van der Waals surface area contributed by atoms with Gasteiger partial charge in [-0.25, -0.2) is 0 Å². The van der Waals surface area contributed by atoms with Gasteiger partial charge in [0.1, 0.15) is 6.21 Å². The summed E-state index contributed by atoms with van der Waals surface area (Å²) in [4.78, 5) is 3.79. The Morgan fingerprint density at radius 3 is 2.22 bits per heavy atom. The minimum absolute atomic E-state index is 0.493. The average molecular weight is 270 g/mol. The minimum Gasteiger partial charge on any atom is -0.386 e. The van der Waals surface area contributed by atoms with Gasteiger partial charge in [0.2, 0.25) is 6.61 Å². The highest BCUT2D eigenvalue weighted by Crippen LogP contribution is 2.31. The molecule has 0 bridgehead atoms. The first-order chi connectivity index (χ1) is 8.20. The summed E-state index contributed by atoms with van der Waals surface area (Å²) in [5, 5.41) is 2.73. The van der Waals surface area contributed by atoms with Gasteiger partial charge < -0.3 is 4.84 Å². The second-order valence-electron chi connectivity index (χ2n) is 3.14. The molecule has 0 unspecified atom stereocenters. The highest BCUT2D eigenvalue weighted by Gasteiger charge is 2.33. The van der Waals surface area contributed by atoms with Crippen molar-refractivity contribution in [3.63, 3.8) is 0 Å². The molecule has 1 rings (SSSR count). The van der Waals surface area contributed by atoms with Crippen molar-refractivity contribution in [2.45, 2.75) is 12.4 Å². The molecular formula is C10H6F6NO. The Morgan fingerprint density at radius 1 is 1.06 bits per heavy atom. The van der Waals surface area contributed by atoms with Crippen LogP contribution >= 0.6 is 0 Å². The maximum Gasteiger partial charge on any atom is 0.425 e. The zero-order chi connectivity index (χ0) is 13.8. The molecule has 0 saturated heterocycles. The van der Waals surface area contributed by atoms with Crippen molar-refractivity contribution in [2.75, 3.05) is 6.61 Å². The van der Waals surface area contributed by atoms with E-state index in [1.807, 2.05) is 0 Å². The lowest BCUT2D eigenvalue weighted by atomic mass is 10.1. The van der Waals surface area contributed by atoms with Crippen LogP contribution in [0.2, 0.25) is 0 Å². The first-order valence-electron chi connectivity index (χ1n) is 4.51. The SMILES string of the molecule is FC(F)(F)CO/N=[C]\c1ccccc1C(F)(F)F. The van der Waals surface area contributed by atoms with Crippen LogP contribution in [0.4, 0.5) is 26.3 Å². The molecule has 0 fully saturated rings. The van der Waals surface area contributed by atoms with Gasteiger partial charge in [-0.05, 0) is 6.07 Å². The molecule has 1 aromatic carbocycles. The van der Waals surface area contributed by atoms with Crippen molar-refractivity contribution in [1.82, 2.24) is 0 Å². The van der Waals surface area contributed by atoms with E-state index in [0.29, 0.717) is 0 Å². The van der Waals surface area contributed by atoms with E-state index in [-0.39, 0.29) is 0 Å². The van der Waals surface area contributed by atoms with Gasteiger partial charge in [0.25, 0.3) is 0 Å². The van der Waals surface area contributed by atoms with Crippen LogP contribution in [-0.4, -0.2) is 19.0 Å². The molecule has 0 amide bonds. The van der Waals surface area contributed by atoms with Crippen LogP contribution in [-0.2, 0) is 11.0 Å². The second kappa shape index (κ2) is 5.28. The van der Waals surface area contributed by atoms with E-state index < -0.39 is 30.1 Å². The summed E-state index contributed by atoms with van der Waals surface area (Å²) in [6.07, 6.45) is -7.46. The molecule has 1 radical (unpaired) electrons. The Kier molecular flexibility index (Phi) is 4.20. The lowest BCUT2D eigenvalue weighted by molar-refractivity contribution is -0.173. The van der Waals surface area contributed by atoms with Crippen molar-refractivity contribution < 1.29 is 31.2 Å². The fourth-order valence-electron chi connectivity index (χ4n) is 1.01. The van der Waals surface area contributed by atoms with Crippen LogP contribution in [0.3, 0.4) is 0 Å². The summed E-state index contributed by atoms with van der Waals surface area (Å²) in [6.45, 7) is -1.69. The molecule has 0 aliphatic carbocycles. The van der Waals surface area contributed by atoms with Crippen molar-refractivity contribution in [2.24, 2.45) is 5.16 Å². The Balaban J connectivity index is 2.76. The molecular weight excluding hydrogens is 264 g/mol. The average Bonchev–Trinajstić information content (AvgIpc) is 2.22. The van der Waals surface area contributed by atoms with Crippen molar-refractivity contribution >= 4 is 6.21 Å². The molecule has 0 spiro atoms. The molecule has 99 valence electrons. The maximum atomic E-state index is 12.4. The molecule has 2 nitrogen and oxygen atoms in total. The monoisotopic (exact) mass is 270 g/mol.